The van der Waals surface area contributed by atoms with Crippen LogP contribution < -0.4 is 15.4 Å². The average molecular weight is 362 g/mol. The molecule has 0 saturated heterocycles. The fraction of sp³-hybridized carbons (Fsp3) is 0.375. The third kappa shape index (κ3) is 2.93. The van der Waals surface area contributed by atoms with E-state index in [1.54, 1.807) is 18.0 Å². The molecule has 132 valence electrons. The van der Waals surface area contributed by atoms with E-state index >= 15 is 0 Å². The molecule has 0 spiro atoms. The summed E-state index contributed by atoms with van der Waals surface area (Å²) in [5.41, 5.74) is 9.13. The zero-order valence-electron chi connectivity index (χ0n) is 14.8. The average Bonchev–Trinajstić information content (AvgIpc) is 2.90. The highest BCUT2D eigenvalue weighted by Gasteiger charge is 2.20. The molecule has 3 aromatic rings. The van der Waals surface area contributed by atoms with Crippen LogP contribution in [0.1, 0.15) is 16.8 Å². The third-order valence-corrected chi connectivity index (χ3v) is 4.29. The molecule has 0 bridgehead atoms. The quantitative estimate of drug-likeness (QED) is 0.711. The van der Waals surface area contributed by atoms with Crippen LogP contribution in [0.4, 0.5) is 11.8 Å². The van der Waals surface area contributed by atoms with Crippen LogP contribution in [-0.2, 0) is 6.54 Å². The summed E-state index contributed by atoms with van der Waals surface area (Å²) in [6.07, 6.45) is 1.79. The van der Waals surface area contributed by atoms with Crippen molar-refractivity contribution in [1.82, 2.24) is 24.7 Å². The van der Waals surface area contributed by atoms with Gasteiger partial charge in [0.2, 0.25) is 5.95 Å². The van der Waals surface area contributed by atoms with Gasteiger partial charge < -0.3 is 15.4 Å². The van der Waals surface area contributed by atoms with E-state index in [2.05, 4.69) is 20.1 Å². The van der Waals surface area contributed by atoms with Gasteiger partial charge in [-0.3, -0.25) is 4.98 Å². The van der Waals surface area contributed by atoms with Gasteiger partial charge in [0.25, 0.3) is 0 Å². The predicted octanol–water partition coefficient (Wildman–Crippen LogP) is 2.20. The molecule has 0 aromatic carbocycles. The van der Waals surface area contributed by atoms with E-state index in [0.29, 0.717) is 23.4 Å². The Kier molecular flexibility index (Phi) is 4.38. The van der Waals surface area contributed by atoms with Crippen LogP contribution in [0.5, 0.6) is 5.75 Å². The SMILES string of the molecule is COc1c(C)cnc(Cn2nc(N(C)C)c3c(Cl)nc(N)nc32)c1C. The highest BCUT2D eigenvalue weighted by atomic mass is 35.5. The van der Waals surface area contributed by atoms with Crippen LogP contribution in [-0.4, -0.2) is 45.9 Å². The molecule has 0 fully saturated rings. The van der Waals surface area contributed by atoms with Gasteiger partial charge in [0.05, 0.1) is 19.3 Å². The van der Waals surface area contributed by atoms with Crippen molar-refractivity contribution < 1.29 is 4.74 Å². The lowest BCUT2D eigenvalue weighted by molar-refractivity contribution is 0.406. The Bertz CT molecular complexity index is 952. The number of rotatable bonds is 4. The van der Waals surface area contributed by atoms with Crippen molar-refractivity contribution in [3.05, 3.63) is 28.2 Å². The summed E-state index contributed by atoms with van der Waals surface area (Å²) in [7, 11) is 5.43. The lowest BCUT2D eigenvalue weighted by Gasteiger charge is -2.12. The molecule has 25 heavy (non-hydrogen) atoms. The number of nitrogens with zero attached hydrogens (tertiary/aromatic N) is 6. The first-order valence-corrected chi connectivity index (χ1v) is 8.07. The van der Waals surface area contributed by atoms with Crippen LogP contribution in [0, 0.1) is 13.8 Å². The van der Waals surface area contributed by atoms with Crippen molar-refractivity contribution in [2.24, 2.45) is 0 Å². The Hall–Kier alpha value is -2.61. The van der Waals surface area contributed by atoms with E-state index < -0.39 is 0 Å². The topological polar surface area (TPSA) is 95.0 Å². The van der Waals surface area contributed by atoms with Crippen molar-refractivity contribution in [3.63, 3.8) is 0 Å². The summed E-state index contributed by atoms with van der Waals surface area (Å²) >= 11 is 6.28. The number of ether oxygens (including phenoxy) is 1. The lowest BCUT2D eigenvalue weighted by Crippen LogP contribution is -2.12. The van der Waals surface area contributed by atoms with Crippen molar-refractivity contribution in [1.29, 1.82) is 0 Å². The van der Waals surface area contributed by atoms with E-state index in [1.165, 1.54) is 0 Å². The second kappa shape index (κ2) is 6.36. The molecule has 0 atom stereocenters. The maximum absolute atomic E-state index is 6.28. The number of aromatic nitrogens is 5. The van der Waals surface area contributed by atoms with E-state index in [0.717, 1.165) is 22.6 Å². The molecule has 0 aliphatic heterocycles. The molecule has 0 aliphatic carbocycles. The van der Waals surface area contributed by atoms with Crippen LogP contribution in [0.25, 0.3) is 11.0 Å². The molecule has 0 amide bonds. The molecular formula is C16H20ClN7O. The zero-order chi connectivity index (χ0) is 18.3. The first-order valence-electron chi connectivity index (χ1n) is 7.69. The monoisotopic (exact) mass is 361 g/mol. The first-order chi connectivity index (χ1) is 11.8. The number of hydrogen-bond donors (Lipinski definition) is 1. The van der Waals surface area contributed by atoms with Gasteiger partial charge in [-0.1, -0.05) is 11.6 Å². The minimum atomic E-state index is 0.107. The molecule has 2 N–H and O–H groups in total. The molecule has 8 nitrogen and oxygen atoms in total. The van der Waals surface area contributed by atoms with Crippen molar-refractivity contribution in [2.45, 2.75) is 20.4 Å². The summed E-state index contributed by atoms with van der Waals surface area (Å²) in [5, 5.41) is 5.57. The van der Waals surface area contributed by atoms with Gasteiger partial charge in [-0.05, 0) is 13.8 Å². The molecule has 9 heteroatoms. The Labute approximate surface area is 150 Å². The van der Waals surface area contributed by atoms with E-state index in [1.807, 2.05) is 32.8 Å². The Morgan fingerprint density at radius 3 is 2.64 bits per heavy atom. The summed E-state index contributed by atoms with van der Waals surface area (Å²) in [6.45, 7) is 4.35. The van der Waals surface area contributed by atoms with Crippen molar-refractivity contribution in [3.8, 4) is 5.75 Å². The van der Waals surface area contributed by atoms with Crippen LogP contribution >= 0.6 is 11.6 Å². The molecule has 3 aromatic heterocycles. The highest BCUT2D eigenvalue weighted by molar-refractivity contribution is 6.35. The van der Waals surface area contributed by atoms with Gasteiger partial charge in [0.1, 0.15) is 16.3 Å². The Morgan fingerprint density at radius 1 is 1.28 bits per heavy atom. The number of hydrogen-bond acceptors (Lipinski definition) is 7. The minimum absolute atomic E-state index is 0.107. The van der Waals surface area contributed by atoms with E-state index in [9.17, 15) is 0 Å². The standard InChI is InChI=1S/C16H20ClN7O/c1-8-6-19-10(9(2)12(8)25-5)7-24-14-11(15(22-24)23(3)4)13(17)20-16(18)21-14/h6H,7H2,1-5H3,(H2,18,20,21). The third-order valence-electron chi connectivity index (χ3n) is 4.02. The molecule has 0 unspecified atom stereocenters. The summed E-state index contributed by atoms with van der Waals surface area (Å²) < 4.78 is 7.21. The largest absolute Gasteiger partial charge is 0.496 e. The number of nitrogens with two attached hydrogens (primary N) is 1. The summed E-state index contributed by atoms with van der Waals surface area (Å²) in [4.78, 5) is 14.7. The number of pyridine rings is 1. The number of halogens is 1. The molecular weight excluding hydrogens is 342 g/mol. The molecule has 0 aliphatic rings. The number of anilines is 2. The van der Waals surface area contributed by atoms with E-state index in [-0.39, 0.29) is 11.1 Å². The van der Waals surface area contributed by atoms with Gasteiger partial charge in [-0.2, -0.15) is 10.1 Å². The van der Waals surface area contributed by atoms with Crippen LogP contribution in [0.2, 0.25) is 5.15 Å². The fourth-order valence-corrected chi connectivity index (χ4v) is 3.08. The molecule has 0 radical (unpaired) electrons. The molecule has 3 rings (SSSR count). The normalized spacial score (nSPS) is 11.1. The minimum Gasteiger partial charge on any atom is -0.496 e. The van der Waals surface area contributed by atoms with Gasteiger partial charge >= 0.3 is 0 Å². The number of nitrogen functional groups attached to an aromatic ring is 1. The predicted molar refractivity (Wildman–Crippen MR) is 98.4 cm³/mol. The summed E-state index contributed by atoms with van der Waals surface area (Å²) in [6, 6.07) is 0. The second-order valence-electron chi connectivity index (χ2n) is 5.99. The number of aryl methyl sites for hydroxylation is 1. The van der Waals surface area contributed by atoms with E-state index in [4.69, 9.17) is 22.1 Å². The molecule has 3 heterocycles. The Balaban J connectivity index is 2.17. The maximum atomic E-state index is 6.28. The number of fused-ring (bicyclic) bond motifs is 1. The second-order valence-corrected chi connectivity index (χ2v) is 6.35. The van der Waals surface area contributed by atoms with Crippen molar-refractivity contribution in [2.75, 3.05) is 31.8 Å². The highest BCUT2D eigenvalue weighted by Crippen LogP contribution is 2.31. The molecule has 0 saturated carbocycles. The smallest absolute Gasteiger partial charge is 0.223 e. The van der Waals surface area contributed by atoms with Gasteiger partial charge in [-0.25, -0.2) is 9.67 Å². The van der Waals surface area contributed by atoms with Gasteiger partial charge in [0.15, 0.2) is 11.5 Å². The first kappa shape index (κ1) is 17.2. The number of methoxy groups -OCH3 is 1. The summed E-state index contributed by atoms with van der Waals surface area (Å²) in [5.74, 6) is 1.60. The van der Waals surface area contributed by atoms with Crippen LogP contribution in [0.3, 0.4) is 0 Å². The fourth-order valence-electron chi connectivity index (χ4n) is 2.82. The van der Waals surface area contributed by atoms with Crippen molar-refractivity contribution >= 4 is 34.4 Å². The Morgan fingerprint density at radius 2 is 2.00 bits per heavy atom. The van der Waals surface area contributed by atoms with Gasteiger partial charge in [-0.15, -0.1) is 0 Å². The maximum Gasteiger partial charge on any atom is 0.223 e. The van der Waals surface area contributed by atoms with Gasteiger partial charge in [0, 0.05) is 31.4 Å². The lowest BCUT2D eigenvalue weighted by atomic mass is 10.1. The zero-order valence-corrected chi connectivity index (χ0v) is 15.6. The van der Waals surface area contributed by atoms with Crippen LogP contribution in [0.15, 0.2) is 6.20 Å².